The van der Waals surface area contributed by atoms with Gasteiger partial charge < -0.3 is 19.1 Å². The van der Waals surface area contributed by atoms with Gasteiger partial charge in [0.2, 0.25) is 0 Å². The third-order valence-corrected chi connectivity index (χ3v) is 4.65. The van der Waals surface area contributed by atoms with E-state index in [0.29, 0.717) is 37.0 Å². The summed E-state index contributed by atoms with van der Waals surface area (Å²) >= 11 is 0. The lowest BCUT2D eigenvalue weighted by Crippen LogP contribution is -2.31. The summed E-state index contributed by atoms with van der Waals surface area (Å²) in [7, 11) is 1.53. The van der Waals surface area contributed by atoms with Crippen LogP contribution in [0.15, 0.2) is 36.7 Å². The Morgan fingerprint density at radius 2 is 1.89 bits per heavy atom. The van der Waals surface area contributed by atoms with E-state index in [0.717, 1.165) is 25.0 Å². The van der Waals surface area contributed by atoms with Gasteiger partial charge in [-0.2, -0.15) is 0 Å². The molecule has 1 atom stereocenters. The fraction of sp³-hybridized carbons (Fsp3) is 0.476. The molecule has 1 amide bonds. The number of ether oxygens (including phenoxy) is 3. The second-order valence-corrected chi connectivity index (χ2v) is 6.73. The van der Waals surface area contributed by atoms with E-state index < -0.39 is 0 Å². The Morgan fingerprint density at radius 1 is 1.14 bits per heavy atom. The molecular weight excluding hydrogens is 358 g/mol. The van der Waals surface area contributed by atoms with Gasteiger partial charge in [0.05, 0.1) is 20.3 Å². The van der Waals surface area contributed by atoms with Crippen LogP contribution in [0.5, 0.6) is 17.5 Å². The van der Waals surface area contributed by atoms with E-state index >= 15 is 0 Å². The normalized spacial score (nSPS) is 16.1. The highest BCUT2D eigenvalue weighted by molar-refractivity contribution is 5.94. The molecule has 0 bridgehead atoms. The number of hydrogen-bond donors (Lipinski definition) is 0. The first-order valence-corrected chi connectivity index (χ1v) is 9.75. The Morgan fingerprint density at radius 3 is 2.61 bits per heavy atom. The van der Waals surface area contributed by atoms with Crippen molar-refractivity contribution in [1.29, 1.82) is 0 Å². The molecule has 0 spiro atoms. The van der Waals surface area contributed by atoms with Crippen molar-refractivity contribution < 1.29 is 19.0 Å². The molecule has 0 radical (unpaired) electrons. The van der Waals surface area contributed by atoms with Crippen molar-refractivity contribution >= 4 is 5.91 Å². The molecule has 1 saturated heterocycles. The largest absolute Gasteiger partial charge is 0.494 e. The van der Waals surface area contributed by atoms with Crippen LogP contribution < -0.4 is 14.2 Å². The third-order valence-electron chi connectivity index (χ3n) is 4.65. The zero-order valence-corrected chi connectivity index (χ0v) is 16.5. The maximum atomic E-state index is 12.8. The molecule has 3 rings (SSSR count). The van der Waals surface area contributed by atoms with Gasteiger partial charge >= 0.3 is 0 Å². The topological polar surface area (TPSA) is 73.8 Å². The van der Waals surface area contributed by atoms with Crippen molar-refractivity contribution in [3.8, 4) is 17.5 Å². The van der Waals surface area contributed by atoms with Crippen molar-refractivity contribution in [2.75, 3.05) is 26.8 Å². The summed E-state index contributed by atoms with van der Waals surface area (Å²) in [6.45, 7) is 4.02. The van der Waals surface area contributed by atoms with Crippen LogP contribution in [0.25, 0.3) is 0 Å². The number of aromatic nitrogens is 2. The minimum Gasteiger partial charge on any atom is -0.494 e. The molecule has 1 fully saturated rings. The number of methoxy groups -OCH3 is 1. The van der Waals surface area contributed by atoms with Crippen molar-refractivity contribution in [3.63, 3.8) is 0 Å². The van der Waals surface area contributed by atoms with Crippen LogP contribution in [0, 0.1) is 0 Å². The Balaban J connectivity index is 1.52. The average molecular weight is 385 g/mol. The molecule has 1 unspecified atom stereocenters. The van der Waals surface area contributed by atoms with E-state index in [-0.39, 0.29) is 12.0 Å². The molecule has 0 aliphatic carbocycles. The van der Waals surface area contributed by atoms with Gasteiger partial charge in [-0.3, -0.25) is 4.79 Å². The standard InChI is InChI=1S/C21H27N3O4/c1-3-4-5-14-27-17-8-6-16(7-9-17)21(25)24-13-10-18(15-24)28-20-19(26-2)22-11-12-23-20/h6-9,11-12,18H,3-5,10,13-15H2,1-2H3. The van der Waals surface area contributed by atoms with Crippen LogP contribution in [0.3, 0.4) is 0 Å². The van der Waals surface area contributed by atoms with E-state index in [2.05, 4.69) is 16.9 Å². The molecule has 1 aliphatic rings. The molecule has 0 N–H and O–H groups in total. The fourth-order valence-electron chi connectivity index (χ4n) is 3.12. The van der Waals surface area contributed by atoms with E-state index in [1.54, 1.807) is 17.3 Å². The van der Waals surface area contributed by atoms with Crippen molar-refractivity contribution in [3.05, 3.63) is 42.2 Å². The zero-order valence-electron chi connectivity index (χ0n) is 16.5. The van der Waals surface area contributed by atoms with E-state index in [1.165, 1.54) is 13.5 Å². The first-order chi connectivity index (χ1) is 13.7. The number of rotatable bonds is 9. The number of benzene rings is 1. The van der Waals surface area contributed by atoms with Gasteiger partial charge in [-0.25, -0.2) is 9.97 Å². The second-order valence-electron chi connectivity index (χ2n) is 6.73. The number of hydrogen-bond acceptors (Lipinski definition) is 6. The molecule has 7 heteroatoms. The molecule has 1 aliphatic heterocycles. The lowest BCUT2D eigenvalue weighted by atomic mass is 10.2. The lowest BCUT2D eigenvalue weighted by Gasteiger charge is -2.17. The third kappa shape index (κ3) is 5.12. The molecule has 28 heavy (non-hydrogen) atoms. The number of nitrogens with zero attached hydrogens (tertiary/aromatic N) is 3. The summed E-state index contributed by atoms with van der Waals surface area (Å²) in [4.78, 5) is 22.8. The zero-order chi connectivity index (χ0) is 19.8. The van der Waals surface area contributed by atoms with Crippen LogP contribution in [0.2, 0.25) is 0 Å². The number of amides is 1. The lowest BCUT2D eigenvalue weighted by molar-refractivity contribution is 0.0770. The predicted molar refractivity (Wildman–Crippen MR) is 105 cm³/mol. The molecule has 2 heterocycles. The Labute approximate surface area is 165 Å². The highest BCUT2D eigenvalue weighted by Gasteiger charge is 2.29. The predicted octanol–water partition coefficient (Wildman–Crippen LogP) is 3.35. The minimum atomic E-state index is -0.129. The number of carbonyl (C=O) groups excluding carboxylic acids is 1. The van der Waals surface area contributed by atoms with Gasteiger partial charge in [0, 0.05) is 30.9 Å². The summed E-state index contributed by atoms with van der Waals surface area (Å²) in [6, 6.07) is 7.34. The number of carbonyl (C=O) groups is 1. The van der Waals surface area contributed by atoms with Gasteiger partial charge in [-0.05, 0) is 30.7 Å². The summed E-state index contributed by atoms with van der Waals surface area (Å²) in [5, 5.41) is 0. The summed E-state index contributed by atoms with van der Waals surface area (Å²) < 4.78 is 16.7. The SMILES string of the molecule is CCCCCOc1ccc(C(=O)N2CCC(Oc3nccnc3OC)C2)cc1. The van der Waals surface area contributed by atoms with Gasteiger partial charge in [-0.15, -0.1) is 0 Å². The highest BCUT2D eigenvalue weighted by Crippen LogP contribution is 2.24. The molecular formula is C21H27N3O4. The summed E-state index contributed by atoms with van der Waals surface area (Å²) in [5.74, 6) is 1.50. The van der Waals surface area contributed by atoms with Crippen LogP contribution in [-0.2, 0) is 0 Å². The minimum absolute atomic E-state index is 0.00487. The molecule has 1 aromatic heterocycles. The summed E-state index contributed by atoms with van der Waals surface area (Å²) in [6.07, 6.45) is 7.09. The van der Waals surface area contributed by atoms with Gasteiger partial charge in [0.1, 0.15) is 11.9 Å². The van der Waals surface area contributed by atoms with Crippen LogP contribution in [-0.4, -0.2) is 53.7 Å². The molecule has 150 valence electrons. The second kappa shape index (κ2) is 9.92. The van der Waals surface area contributed by atoms with Gasteiger partial charge in [0.15, 0.2) is 0 Å². The van der Waals surface area contributed by atoms with Gasteiger partial charge in [-0.1, -0.05) is 19.8 Å². The maximum Gasteiger partial charge on any atom is 0.278 e. The van der Waals surface area contributed by atoms with Crippen molar-refractivity contribution in [1.82, 2.24) is 14.9 Å². The molecule has 1 aromatic carbocycles. The van der Waals surface area contributed by atoms with Crippen molar-refractivity contribution in [2.45, 2.75) is 38.7 Å². The highest BCUT2D eigenvalue weighted by atomic mass is 16.5. The van der Waals surface area contributed by atoms with Crippen molar-refractivity contribution in [2.24, 2.45) is 0 Å². The molecule has 7 nitrogen and oxygen atoms in total. The van der Waals surface area contributed by atoms with E-state index in [9.17, 15) is 4.79 Å². The van der Waals surface area contributed by atoms with Crippen LogP contribution in [0.4, 0.5) is 0 Å². The van der Waals surface area contributed by atoms with E-state index in [1.807, 2.05) is 24.3 Å². The number of likely N-dealkylation sites (tertiary alicyclic amines) is 1. The molecule has 2 aromatic rings. The smallest absolute Gasteiger partial charge is 0.278 e. The number of unbranched alkanes of at least 4 members (excludes halogenated alkanes) is 2. The monoisotopic (exact) mass is 385 g/mol. The van der Waals surface area contributed by atoms with E-state index in [4.69, 9.17) is 14.2 Å². The van der Waals surface area contributed by atoms with Crippen LogP contribution >= 0.6 is 0 Å². The Bertz CT molecular complexity index is 767. The molecule has 0 saturated carbocycles. The average Bonchev–Trinajstić information content (AvgIpc) is 3.20. The van der Waals surface area contributed by atoms with Gasteiger partial charge in [0.25, 0.3) is 17.7 Å². The Hall–Kier alpha value is -2.83. The Kier molecular flexibility index (Phi) is 7.06. The first-order valence-electron chi connectivity index (χ1n) is 9.75. The maximum absolute atomic E-state index is 12.8. The quantitative estimate of drug-likeness (QED) is 0.617. The summed E-state index contributed by atoms with van der Waals surface area (Å²) in [5.41, 5.74) is 0.652. The first kappa shape index (κ1) is 19.9. The van der Waals surface area contributed by atoms with Crippen LogP contribution in [0.1, 0.15) is 43.0 Å². The fourth-order valence-corrected chi connectivity index (χ4v) is 3.12.